The zero-order valence-corrected chi connectivity index (χ0v) is 12.3. The molecule has 21 heavy (non-hydrogen) atoms. The molecular formula is C14H22N4O3. The van der Waals surface area contributed by atoms with Gasteiger partial charge in [0.05, 0.1) is 11.5 Å². The number of β-amino-alcohol motifs (C(OH)–C–C–N with tert-alkyl or cyclic N) is 1. The number of aliphatic hydroxyl groups is 1. The average molecular weight is 294 g/mol. The first-order valence-corrected chi connectivity index (χ1v) is 7.14. The highest BCUT2D eigenvalue weighted by Gasteiger charge is 2.18. The molecule has 1 heterocycles. The lowest BCUT2D eigenvalue weighted by molar-refractivity contribution is -0.384. The zero-order chi connectivity index (χ0) is 15.2. The Bertz CT molecular complexity index is 487. The van der Waals surface area contributed by atoms with Crippen molar-refractivity contribution < 1.29 is 10.0 Å². The number of nitrogens with zero attached hydrogens (tertiary/aromatic N) is 3. The van der Waals surface area contributed by atoms with Crippen molar-refractivity contribution in [2.45, 2.75) is 6.54 Å². The quantitative estimate of drug-likeness (QED) is 0.595. The lowest BCUT2D eigenvalue weighted by Gasteiger charge is -2.34. The van der Waals surface area contributed by atoms with Crippen LogP contribution in [0.3, 0.4) is 0 Å². The van der Waals surface area contributed by atoms with Crippen molar-refractivity contribution in [3.05, 3.63) is 33.9 Å². The summed E-state index contributed by atoms with van der Waals surface area (Å²) in [4.78, 5) is 15.1. The molecule has 1 aliphatic rings. The van der Waals surface area contributed by atoms with Gasteiger partial charge in [-0.25, -0.2) is 0 Å². The SMILES string of the molecule is CNc1ccc([N+](=O)[O-])cc1CN1CCN(CCO)CC1. The van der Waals surface area contributed by atoms with E-state index in [1.165, 1.54) is 6.07 Å². The van der Waals surface area contributed by atoms with Gasteiger partial charge >= 0.3 is 0 Å². The number of rotatable bonds is 6. The highest BCUT2D eigenvalue weighted by molar-refractivity contribution is 5.55. The van der Waals surface area contributed by atoms with Crippen molar-refractivity contribution in [1.82, 2.24) is 9.80 Å². The third kappa shape index (κ3) is 4.13. The number of benzene rings is 1. The van der Waals surface area contributed by atoms with Crippen molar-refractivity contribution >= 4 is 11.4 Å². The van der Waals surface area contributed by atoms with Crippen LogP contribution in [0.1, 0.15) is 5.56 Å². The van der Waals surface area contributed by atoms with E-state index in [0.717, 1.165) is 37.4 Å². The van der Waals surface area contributed by atoms with Crippen LogP contribution in [0.15, 0.2) is 18.2 Å². The highest BCUT2D eigenvalue weighted by atomic mass is 16.6. The fraction of sp³-hybridized carbons (Fsp3) is 0.571. The monoisotopic (exact) mass is 294 g/mol. The molecule has 7 nitrogen and oxygen atoms in total. The van der Waals surface area contributed by atoms with Crippen molar-refractivity contribution in [2.75, 3.05) is 51.7 Å². The molecule has 0 bridgehead atoms. The van der Waals surface area contributed by atoms with Crippen LogP contribution in [0.4, 0.5) is 11.4 Å². The standard InChI is InChI=1S/C14H22N4O3/c1-15-14-3-2-13(18(20)21)10-12(14)11-17-6-4-16(5-7-17)8-9-19/h2-3,10,15,19H,4-9,11H2,1H3. The molecule has 2 rings (SSSR count). The second kappa shape index (κ2) is 7.35. The second-order valence-corrected chi connectivity index (χ2v) is 5.19. The summed E-state index contributed by atoms with van der Waals surface area (Å²) in [6.45, 7) is 5.26. The third-order valence-electron chi connectivity index (χ3n) is 3.84. The summed E-state index contributed by atoms with van der Waals surface area (Å²) >= 11 is 0. The Balaban J connectivity index is 2.02. The molecule has 1 fully saturated rings. The predicted octanol–water partition coefficient (Wildman–Crippen LogP) is 0.746. The summed E-state index contributed by atoms with van der Waals surface area (Å²) < 4.78 is 0. The van der Waals surface area contributed by atoms with E-state index in [0.29, 0.717) is 13.1 Å². The van der Waals surface area contributed by atoms with Gasteiger partial charge in [-0.2, -0.15) is 0 Å². The predicted molar refractivity (Wildman–Crippen MR) is 81.4 cm³/mol. The molecule has 116 valence electrons. The van der Waals surface area contributed by atoms with Gasteiger partial charge in [0.15, 0.2) is 0 Å². The van der Waals surface area contributed by atoms with Crippen molar-refractivity contribution in [2.24, 2.45) is 0 Å². The Hall–Kier alpha value is -1.70. The molecular weight excluding hydrogens is 272 g/mol. The maximum Gasteiger partial charge on any atom is 0.269 e. The maximum atomic E-state index is 10.9. The lowest BCUT2D eigenvalue weighted by atomic mass is 10.1. The number of hydrogen-bond donors (Lipinski definition) is 2. The molecule has 0 radical (unpaired) electrons. The molecule has 1 aromatic carbocycles. The van der Waals surface area contributed by atoms with Crippen LogP contribution in [0.5, 0.6) is 0 Å². The molecule has 0 aromatic heterocycles. The number of aliphatic hydroxyl groups excluding tert-OH is 1. The lowest BCUT2D eigenvalue weighted by Crippen LogP contribution is -2.46. The first kappa shape index (κ1) is 15.7. The van der Waals surface area contributed by atoms with E-state index >= 15 is 0 Å². The molecule has 1 saturated heterocycles. The summed E-state index contributed by atoms with van der Waals surface area (Å²) in [5, 5.41) is 22.9. The molecule has 1 aliphatic heterocycles. The van der Waals surface area contributed by atoms with E-state index in [1.807, 2.05) is 7.05 Å². The molecule has 0 atom stereocenters. The smallest absolute Gasteiger partial charge is 0.269 e. The van der Waals surface area contributed by atoms with Crippen LogP contribution < -0.4 is 5.32 Å². The van der Waals surface area contributed by atoms with Crippen LogP contribution in [0, 0.1) is 10.1 Å². The van der Waals surface area contributed by atoms with Crippen LogP contribution in [0.25, 0.3) is 0 Å². The number of anilines is 1. The summed E-state index contributed by atoms with van der Waals surface area (Å²) in [6, 6.07) is 4.93. The van der Waals surface area contributed by atoms with Crippen molar-refractivity contribution in [1.29, 1.82) is 0 Å². The van der Waals surface area contributed by atoms with E-state index in [-0.39, 0.29) is 17.2 Å². The summed E-state index contributed by atoms with van der Waals surface area (Å²) in [6.07, 6.45) is 0. The number of hydrogen-bond acceptors (Lipinski definition) is 6. The molecule has 0 aliphatic carbocycles. The van der Waals surface area contributed by atoms with Crippen molar-refractivity contribution in [3.8, 4) is 0 Å². The first-order valence-electron chi connectivity index (χ1n) is 7.14. The molecule has 7 heteroatoms. The van der Waals surface area contributed by atoms with E-state index in [1.54, 1.807) is 12.1 Å². The minimum Gasteiger partial charge on any atom is -0.395 e. The average Bonchev–Trinajstić information content (AvgIpc) is 2.49. The molecule has 0 unspecified atom stereocenters. The van der Waals surface area contributed by atoms with E-state index in [4.69, 9.17) is 5.11 Å². The minimum absolute atomic E-state index is 0.128. The Morgan fingerprint density at radius 3 is 2.52 bits per heavy atom. The van der Waals surface area contributed by atoms with Gasteiger partial charge < -0.3 is 10.4 Å². The third-order valence-corrected chi connectivity index (χ3v) is 3.84. The fourth-order valence-corrected chi connectivity index (χ4v) is 2.62. The highest BCUT2D eigenvalue weighted by Crippen LogP contribution is 2.23. The topological polar surface area (TPSA) is 81.9 Å². The van der Waals surface area contributed by atoms with E-state index < -0.39 is 0 Å². The number of nitrogens with one attached hydrogen (secondary N) is 1. The Kier molecular flexibility index (Phi) is 5.49. The number of nitro benzene ring substituents is 1. The van der Waals surface area contributed by atoms with Crippen LogP contribution in [-0.2, 0) is 6.54 Å². The summed E-state index contributed by atoms with van der Waals surface area (Å²) in [5.74, 6) is 0. The first-order chi connectivity index (χ1) is 10.1. The molecule has 0 amide bonds. The van der Waals surface area contributed by atoms with Gasteiger partial charge in [-0.15, -0.1) is 0 Å². The summed E-state index contributed by atoms with van der Waals surface area (Å²) in [5.41, 5.74) is 2.00. The van der Waals surface area contributed by atoms with Crippen LogP contribution in [0.2, 0.25) is 0 Å². The van der Waals surface area contributed by atoms with Gasteiger partial charge in [0.1, 0.15) is 0 Å². The molecule has 1 aromatic rings. The van der Waals surface area contributed by atoms with Crippen molar-refractivity contribution in [3.63, 3.8) is 0 Å². The van der Waals surface area contributed by atoms with Gasteiger partial charge in [-0.05, 0) is 11.6 Å². The van der Waals surface area contributed by atoms with Gasteiger partial charge in [0.2, 0.25) is 0 Å². The van der Waals surface area contributed by atoms with Gasteiger partial charge in [-0.1, -0.05) is 0 Å². The molecule has 0 saturated carbocycles. The number of piperazine rings is 1. The fourth-order valence-electron chi connectivity index (χ4n) is 2.62. The van der Waals surface area contributed by atoms with Crippen LogP contribution >= 0.6 is 0 Å². The molecule has 0 spiro atoms. The number of nitro groups is 1. The minimum atomic E-state index is -0.359. The largest absolute Gasteiger partial charge is 0.395 e. The van der Waals surface area contributed by atoms with E-state index in [2.05, 4.69) is 15.1 Å². The Labute approximate surface area is 124 Å². The second-order valence-electron chi connectivity index (χ2n) is 5.19. The van der Waals surface area contributed by atoms with Gasteiger partial charge in [-0.3, -0.25) is 19.9 Å². The van der Waals surface area contributed by atoms with E-state index in [9.17, 15) is 10.1 Å². The van der Waals surface area contributed by atoms with Gasteiger partial charge in [0, 0.05) is 64.1 Å². The van der Waals surface area contributed by atoms with Crippen LogP contribution in [-0.4, -0.2) is 66.2 Å². The normalized spacial score (nSPS) is 16.9. The Morgan fingerprint density at radius 1 is 1.29 bits per heavy atom. The Morgan fingerprint density at radius 2 is 1.95 bits per heavy atom. The zero-order valence-electron chi connectivity index (χ0n) is 12.3. The summed E-state index contributed by atoms with van der Waals surface area (Å²) in [7, 11) is 1.82. The number of non-ortho nitro benzene ring substituents is 1. The van der Waals surface area contributed by atoms with Gasteiger partial charge in [0.25, 0.3) is 5.69 Å². The molecule has 2 N–H and O–H groups in total. The maximum absolute atomic E-state index is 10.9.